The summed E-state index contributed by atoms with van der Waals surface area (Å²) >= 11 is 0. The zero-order valence-electron chi connectivity index (χ0n) is 15.4. The molecule has 2 aromatic heterocycles. The molecule has 28 heavy (non-hydrogen) atoms. The highest BCUT2D eigenvalue weighted by Gasteiger charge is 2.63. The highest BCUT2D eigenvalue weighted by Crippen LogP contribution is 2.68. The zero-order chi connectivity index (χ0) is 19.7. The Hall–Kier alpha value is -2.90. The molecule has 0 radical (unpaired) electrons. The second kappa shape index (κ2) is 5.56. The molecule has 2 aliphatic carbocycles. The Kier molecular flexibility index (Phi) is 3.42. The third kappa shape index (κ3) is 2.11. The molecule has 0 saturated heterocycles. The smallest absolute Gasteiger partial charge is 0.296 e. The molecule has 0 aliphatic heterocycles. The largest absolute Gasteiger partial charge is 0.438 e. The van der Waals surface area contributed by atoms with Crippen LogP contribution in [0, 0.1) is 17.0 Å². The molecule has 3 aromatic rings. The Morgan fingerprint density at radius 2 is 2.00 bits per heavy atom. The molecule has 2 unspecified atom stereocenters. The van der Waals surface area contributed by atoms with Gasteiger partial charge in [0.25, 0.3) is 0 Å². The van der Waals surface area contributed by atoms with Crippen LogP contribution in [0.4, 0.5) is 8.78 Å². The minimum absolute atomic E-state index is 0.159. The maximum Gasteiger partial charge on any atom is 0.438 e. The van der Waals surface area contributed by atoms with Crippen LogP contribution in [-0.2, 0) is 11.8 Å². The average Bonchev–Trinajstić information content (AvgIpc) is 3.21. The first-order valence-corrected chi connectivity index (χ1v) is 9.21. The fourth-order valence-electron chi connectivity index (χ4n) is 5.31. The third-order valence-corrected chi connectivity index (χ3v) is 6.79. The number of hydrogen-bond acceptors (Lipinski definition) is 5. The molecule has 1 N–H and O–H groups in total. The maximum atomic E-state index is 14.2. The lowest BCUT2D eigenvalue weighted by Gasteiger charge is -2.37. The molecule has 1 fully saturated rings. The fraction of sp³-hybridized carbons (Fsp3) is 0.400. The van der Waals surface area contributed by atoms with E-state index in [1.54, 1.807) is 6.07 Å². The number of aromatic amines is 1. The summed E-state index contributed by atoms with van der Waals surface area (Å²) < 4.78 is 33.1. The topological polar surface area (TPSA) is 84.7 Å². The summed E-state index contributed by atoms with van der Waals surface area (Å²) in [6.07, 6.45) is 2.26. The summed E-state index contributed by atoms with van der Waals surface area (Å²) in [6.45, 7) is 4.32. The lowest BCUT2D eigenvalue weighted by atomic mass is 9.66. The van der Waals surface area contributed by atoms with Gasteiger partial charge in [-0.1, -0.05) is 25.1 Å². The Morgan fingerprint density at radius 3 is 2.68 bits per heavy atom. The van der Waals surface area contributed by atoms with Crippen molar-refractivity contribution in [3.8, 4) is 11.3 Å². The summed E-state index contributed by atoms with van der Waals surface area (Å²) in [5, 5.41) is 12.4. The number of nitrogens with one attached hydrogen (secondary N) is 1. The number of nitrogens with zero attached hydrogens (tertiary/aromatic N) is 3. The molecule has 6 nitrogen and oxygen atoms in total. The second-order valence-corrected chi connectivity index (χ2v) is 8.24. The quantitative estimate of drug-likeness (QED) is 0.747. The van der Waals surface area contributed by atoms with Crippen LogP contribution >= 0.6 is 0 Å². The Labute approximate surface area is 159 Å². The first-order valence-electron chi connectivity index (χ1n) is 9.21. The highest BCUT2D eigenvalue weighted by atomic mass is 19.1. The van der Waals surface area contributed by atoms with Gasteiger partial charge in [-0.05, 0) is 47.9 Å². The molecular formula is C20H18F2N4O2. The van der Waals surface area contributed by atoms with Crippen molar-refractivity contribution in [1.29, 1.82) is 0 Å². The van der Waals surface area contributed by atoms with E-state index in [-0.39, 0.29) is 28.0 Å². The first-order chi connectivity index (χ1) is 13.3. The van der Waals surface area contributed by atoms with E-state index in [1.165, 1.54) is 18.2 Å². The summed E-state index contributed by atoms with van der Waals surface area (Å²) in [6, 6.07) is 5.52. The molecule has 2 heterocycles. The van der Waals surface area contributed by atoms with Gasteiger partial charge in [0.05, 0.1) is 17.0 Å². The normalized spacial score (nSPS) is 24.5. The van der Waals surface area contributed by atoms with E-state index < -0.39 is 17.4 Å². The van der Waals surface area contributed by atoms with Gasteiger partial charge in [0.15, 0.2) is 5.82 Å². The van der Waals surface area contributed by atoms with Crippen LogP contribution in [-0.4, -0.2) is 20.3 Å². The molecule has 144 valence electrons. The van der Waals surface area contributed by atoms with Crippen molar-refractivity contribution in [2.24, 2.45) is 5.41 Å². The molecule has 1 aromatic carbocycles. The van der Waals surface area contributed by atoms with Crippen LogP contribution in [0.15, 0.2) is 33.6 Å². The van der Waals surface area contributed by atoms with E-state index in [0.29, 0.717) is 12.2 Å². The molecule has 5 rings (SSSR count). The molecular weight excluding hydrogens is 366 g/mol. The standard InChI is InChI=1S/C20H18F2N4O2/c1-19(2)11-6-7-20(19,9-15-23-18(27)28-26-15)17-10(11)8-14(24-25-17)16-12(21)4-3-5-13(16)22/h3-5,8,11H,6-7,9H2,1-2H3,(H,23,26,27). The van der Waals surface area contributed by atoms with Crippen molar-refractivity contribution in [1.82, 2.24) is 20.3 Å². The monoisotopic (exact) mass is 384 g/mol. The van der Waals surface area contributed by atoms with Crippen LogP contribution in [0.25, 0.3) is 11.3 Å². The maximum absolute atomic E-state index is 14.2. The van der Waals surface area contributed by atoms with E-state index >= 15 is 0 Å². The van der Waals surface area contributed by atoms with Crippen LogP contribution in [0.2, 0.25) is 0 Å². The summed E-state index contributed by atoms with van der Waals surface area (Å²) in [5.74, 6) is -1.26. The number of fused-ring (bicyclic) bond motifs is 5. The van der Waals surface area contributed by atoms with Gasteiger partial charge >= 0.3 is 5.76 Å². The lowest BCUT2D eigenvalue weighted by Crippen LogP contribution is -2.38. The number of benzene rings is 1. The van der Waals surface area contributed by atoms with Crippen molar-refractivity contribution in [3.63, 3.8) is 0 Å². The predicted octanol–water partition coefficient (Wildman–Crippen LogP) is 3.50. The van der Waals surface area contributed by atoms with Crippen molar-refractivity contribution in [2.45, 2.75) is 44.4 Å². The molecule has 1 saturated carbocycles. The van der Waals surface area contributed by atoms with Gasteiger partial charge in [0, 0.05) is 11.8 Å². The van der Waals surface area contributed by atoms with E-state index in [2.05, 4.69) is 38.7 Å². The van der Waals surface area contributed by atoms with Crippen LogP contribution in [0.1, 0.15) is 49.7 Å². The van der Waals surface area contributed by atoms with Crippen LogP contribution < -0.4 is 5.76 Å². The Bertz CT molecular complexity index is 1130. The SMILES string of the molecule is CC1(C)C2CCC1(Cc1noc(=O)[nH]1)c1nnc(-c3c(F)cccc3F)cc12. The van der Waals surface area contributed by atoms with Crippen LogP contribution in [0.3, 0.4) is 0 Å². The zero-order valence-corrected chi connectivity index (χ0v) is 15.4. The van der Waals surface area contributed by atoms with E-state index in [4.69, 9.17) is 0 Å². The van der Waals surface area contributed by atoms with Gasteiger partial charge in [-0.2, -0.15) is 10.2 Å². The molecule has 2 atom stereocenters. The third-order valence-electron chi connectivity index (χ3n) is 6.79. The Morgan fingerprint density at radius 1 is 1.25 bits per heavy atom. The van der Waals surface area contributed by atoms with Gasteiger partial charge < -0.3 is 0 Å². The minimum Gasteiger partial charge on any atom is -0.296 e. The lowest BCUT2D eigenvalue weighted by molar-refractivity contribution is 0.199. The van der Waals surface area contributed by atoms with Gasteiger partial charge in [-0.15, -0.1) is 0 Å². The number of aromatic nitrogens is 4. The van der Waals surface area contributed by atoms with E-state index in [1.807, 2.05) is 0 Å². The van der Waals surface area contributed by atoms with Gasteiger partial charge in [0.2, 0.25) is 0 Å². The molecule has 8 heteroatoms. The van der Waals surface area contributed by atoms with Crippen molar-refractivity contribution < 1.29 is 13.3 Å². The number of hydrogen-bond donors (Lipinski definition) is 1. The predicted molar refractivity (Wildman–Crippen MR) is 95.6 cm³/mol. The molecule has 2 bridgehead atoms. The van der Waals surface area contributed by atoms with Crippen LogP contribution in [0.5, 0.6) is 0 Å². The Balaban J connectivity index is 1.66. The van der Waals surface area contributed by atoms with Crippen molar-refractivity contribution in [2.75, 3.05) is 0 Å². The molecule has 0 spiro atoms. The molecule has 2 aliphatic rings. The molecule has 0 amide bonds. The summed E-state index contributed by atoms with van der Waals surface area (Å²) in [4.78, 5) is 14.0. The van der Waals surface area contributed by atoms with E-state index in [9.17, 15) is 13.6 Å². The average molecular weight is 384 g/mol. The number of rotatable bonds is 3. The summed E-state index contributed by atoms with van der Waals surface area (Å²) in [5.41, 5.74) is 1.28. The number of halogens is 2. The van der Waals surface area contributed by atoms with Gasteiger partial charge in [0.1, 0.15) is 11.6 Å². The van der Waals surface area contributed by atoms with Crippen molar-refractivity contribution in [3.05, 3.63) is 63.5 Å². The van der Waals surface area contributed by atoms with Gasteiger partial charge in [-0.25, -0.2) is 13.6 Å². The highest BCUT2D eigenvalue weighted by molar-refractivity contribution is 5.63. The summed E-state index contributed by atoms with van der Waals surface area (Å²) in [7, 11) is 0. The van der Waals surface area contributed by atoms with Gasteiger partial charge in [-0.3, -0.25) is 9.51 Å². The van der Waals surface area contributed by atoms with Crippen molar-refractivity contribution >= 4 is 0 Å². The van der Waals surface area contributed by atoms with E-state index in [0.717, 1.165) is 24.1 Å². The minimum atomic E-state index is -0.661. The fourth-order valence-corrected chi connectivity index (χ4v) is 5.31. The second-order valence-electron chi connectivity index (χ2n) is 8.24. The number of H-pyrrole nitrogens is 1. The first kappa shape index (κ1) is 17.2.